The monoisotopic (exact) mass is 390 g/mol. The van der Waals surface area contributed by atoms with Gasteiger partial charge in [0.25, 0.3) is 0 Å². The van der Waals surface area contributed by atoms with Crippen LogP contribution in [0.3, 0.4) is 0 Å². The SMILES string of the molecule is Cn1nccc1/C=C/C(=O)N1CCC[C@H](c2nccnc2Nc2ncccn2)C1. The van der Waals surface area contributed by atoms with Crippen LogP contribution in [0, 0.1) is 0 Å². The Morgan fingerprint density at radius 1 is 1.14 bits per heavy atom. The van der Waals surface area contributed by atoms with Gasteiger partial charge in [0, 0.05) is 63.1 Å². The number of anilines is 2. The van der Waals surface area contributed by atoms with Gasteiger partial charge in [-0.2, -0.15) is 5.10 Å². The maximum absolute atomic E-state index is 12.7. The molecule has 4 heterocycles. The van der Waals surface area contributed by atoms with Gasteiger partial charge in [-0.3, -0.25) is 14.5 Å². The number of rotatable bonds is 5. The van der Waals surface area contributed by atoms with Crippen LogP contribution in [0.5, 0.6) is 0 Å². The molecule has 1 aliphatic rings. The fourth-order valence-electron chi connectivity index (χ4n) is 3.42. The van der Waals surface area contributed by atoms with Crippen LogP contribution in [0.15, 0.2) is 49.2 Å². The second-order valence-electron chi connectivity index (χ2n) is 6.82. The minimum Gasteiger partial charge on any atom is -0.338 e. The number of piperidine rings is 1. The van der Waals surface area contributed by atoms with E-state index in [2.05, 4.69) is 30.4 Å². The van der Waals surface area contributed by atoms with Crippen LogP contribution >= 0.6 is 0 Å². The van der Waals surface area contributed by atoms with Crippen LogP contribution in [-0.2, 0) is 11.8 Å². The van der Waals surface area contributed by atoms with Gasteiger partial charge in [-0.15, -0.1) is 0 Å². The smallest absolute Gasteiger partial charge is 0.246 e. The Hall–Kier alpha value is -3.62. The molecular formula is C20H22N8O. The number of aromatic nitrogens is 6. The minimum atomic E-state index is -0.0132. The molecule has 0 bridgehead atoms. The van der Waals surface area contributed by atoms with Crippen molar-refractivity contribution in [3.63, 3.8) is 0 Å². The normalized spacial score (nSPS) is 16.9. The lowest BCUT2D eigenvalue weighted by Gasteiger charge is -2.32. The topological polar surface area (TPSA) is 102 Å². The summed E-state index contributed by atoms with van der Waals surface area (Å²) in [5.74, 6) is 1.18. The summed E-state index contributed by atoms with van der Waals surface area (Å²) in [5, 5.41) is 7.25. The van der Waals surface area contributed by atoms with Gasteiger partial charge in [0.05, 0.1) is 11.4 Å². The van der Waals surface area contributed by atoms with Crippen molar-refractivity contribution in [2.75, 3.05) is 18.4 Å². The summed E-state index contributed by atoms with van der Waals surface area (Å²) in [6.07, 6.45) is 13.6. The fraction of sp³-hybridized carbons (Fsp3) is 0.300. The Labute approximate surface area is 168 Å². The summed E-state index contributed by atoms with van der Waals surface area (Å²) in [5.41, 5.74) is 1.71. The lowest BCUT2D eigenvalue weighted by atomic mass is 9.94. The Balaban J connectivity index is 1.48. The van der Waals surface area contributed by atoms with Crippen molar-refractivity contribution >= 4 is 23.7 Å². The zero-order chi connectivity index (χ0) is 20.1. The number of amides is 1. The molecule has 0 unspecified atom stereocenters. The van der Waals surface area contributed by atoms with Crippen LogP contribution < -0.4 is 5.32 Å². The van der Waals surface area contributed by atoms with Gasteiger partial charge >= 0.3 is 0 Å². The van der Waals surface area contributed by atoms with Crippen LogP contribution in [0.4, 0.5) is 11.8 Å². The van der Waals surface area contributed by atoms with Crippen molar-refractivity contribution in [1.29, 1.82) is 0 Å². The van der Waals surface area contributed by atoms with Gasteiger partial charge in [-0.05, 0) is 31.1 Å². The average molecular weight is 390 g/mol. The highest BCUT2D eigenvalue weighted by atomic mass is 16.2. The first-order valence-electron chi connectivity index (χ1n) is 9.50. The van der Waals surface area contributed by atoms with Crippen molar-refractivity contribution in [3.05, 3.63) is 60.6 Å². The first-order chi connectivity index (χ1) is 14.2. The summed E-state index contributed by atoms with van der Waals surface area (Å²) < 4.78 is 1.73. The quantitative estimate of drug-likeness (QED) is 0.666. The van der Waals surface area contributed by atoms with E-state index in [-0.39, 0.29) is 11.8 Å². The molecule has 3 aromatic heterocycles. The summed E-state index contributed by atoms with van der Waals surface area (Å²) in [6.45, 7) is 1.33. The standard InChI is InChI=1S/C20H22N8O/c1-27-16(7-10-25-27)5-6-17(29)28-13-2-4-15(14-28)18-19(22-12-11-21-18)26-20-23-8-3-9-24-20/h3,5-12,15H,2,4,13-14H2,1H3,(H,22,23,24,26)/b6-5+/t15-/m0/s1. The zero-order valence-electron chi connectivity index (χ0n) is 16.1. The van der Waals surface area contributed by atoms with Crippen molar-refractivity contribution in [1.82, 2.24) is 34.6 Å². The highest BCUT2D eigenvalue weighted by Gasteiger charge is 2.27. The van der Waals surface area contributed by atoms with E-state index in [1.165, 1.54) is 0 Å². The molecule has 0 spiro atoms. The second-order valence-corrected chi connectivity index (χ2v) is 6.82. The van der Waals surface area contributed by atoms with Gasteiger partial charge in [-0.25, -0.2) is 15.0 Å². The third-order valence-electron chi connectivity index (χ3n) is 4.90. The molecule has 0 radical (unpaired) electrons. The van der Waals surface area contributed by atoms with Gasteiger partial charge in [0.15, 0.2) is 5.82 Å². The largest absolute Gasteiger partial charge is 0.338 e. The summed E-state index contributed by atoms with van der Waals surface area (Å²) >= 11 is 0. The maximum atomic E-state index is 12.7. The van der Waals surface area contributed by atoms with Crippen molar-refractivity contribution in [2.24, 2.45) is 7.05 Å². The van der Waals surface area contributed by atoms with E-state index in [0.717, 1.165) is 30.8 Å². The number of nitrogens with zero attached hydrogens (tertiary/aromatic N) is 7. The molecule has 9 nitrogen and oxygen atoms in total. The molecule has 4 rings (SSSR count). The molecule has 1 amide bonds. The first-order valence-corrected chi connectivity index (χ1v) is 9.50. The Bertz CT molecular complexity index is 1000. The predicted molar refractivity (Wildman–Crippen MR) is 108 cm³/mol. The van der Waals surface area contributed by atoms with Crippen molar-refractivity contribution < 1.29 is 4.79 Å². The number of hydrogen-bond acceptors (Lipinski definition) is 7. The molecular weight excluding hydrogens is 368 g/mol. The Kier molecular flexibility index (Phi) is 5.55. The lowest BCUT2D eigenvalue weighted by molar-refractivity contribution is -0.127. The van der Waals surface area contributed by atoms with E-state index in [1.54, 1.807) is 53.9 Å². The van der Waals surface area contributed by atoms with Crippen LogP contribution in [-0.4, -0.2) is 53.6 Å². The summed E-state index contributed by atoms with van der Waals surface area (Å²) in [4.78, 5) is 31.9. The van der Waals surface area contributed by atoms with E-state index in [0.29, 0.717) is 18.3 Å². The number of hydrogen-bond donors (Lipinski definition) is 1. The molecule has 0 saturated carbocycles. The van der Waals surface area contributed by atoms with E-state index in [1.807, 2.05) is 18.0 Å². The van der Waals surface area contributed by atoms with Crippen molar-refractivity contribution in [2.45, 2.75) is 18.8 Å². The van der Waals surface area contributed by atoms with Crippen LogP contribution in [0.25, 0.3) is 6.08 Å². The number of carbonyl (C=O) groups is 1. The maximum Gasteiger partial charge on any atom is 0.246 e. The van der Waals surface area contributed by atoms with Gasteiger partial charge in [0.2, 0.25) is 11.9 Å². The number of aryl methyl sites for hydroxylation is 1. The van der Waals surface area contributed by atoms with E-state index < -0.39 is 0 Å². The molecule has 3 aromatic rings. The average Bonchev–Trinajstić information content (AvgIpc) is 3.18. The van der Waals surface area contributed by atoms with E-state index in [4.69, 9.17) is 0 Å². The Morgan fingerprint density at radius 2 is 1.97 bits per heavy atom. The number of likely N-dealkylation sites (tertiary alicyclic amines) is 1. The van der Waals surface area contributed by atoms with E-state index in [9.17, 15) is 4.79 Å². The molecule has 1 fully saturated rings. The predicted octanol–water partition coefficient (Wildman–Crippen LogP) is 2.16. The molecule has 1 aliphatic heterocycles. The second kappa shape index (κ2) is 8.59. The molecule has 148 valence electrons. The van der Waals surface area contributed by atoms with Gasteiger partial charge < -0.3 is 10.2 Å². The summed E-state index contributed by atoms with van der Waals surface area (Å²) in [7, 11) is 1.85. The van der Waals surface area contributed by atoms with Crippen molar-refractivity contribution in [3.8, 4) is 0 Å². The third kappa shape index (κ3) is 4.45. The highest BCUT2D eigenvalue weighted by Crippen LogP contribution is 2.30. The Morgan fingerprint density at radius 3 is 2.76 bits per heavy atom. The number of nitrogens with one attached hydrogen (secondary N) is 1. The highest BCUT2D eigenvalue weighted by molar-refractivity contribution is 5.91. The number of carbonyl (C=O) groups excluding carboxylic acids is 1. The molecule has 9 heteroatoms. The minimum absolute atomic E-state index is 0.0132. The lowest BCUT2D eigenvalue weighted by Crippen LogP contribution is -2.38. The molecule has 29 heavy (non-hydrogen) atoms. The fourth-order valence-corrected chi connectivity index (χ4v) is 3.42. The van der Waals surface area contributed by atoms with Gasteiger partial charge in [0.1, 0.15) is 0 Å². The molecule has 0 aliphatic carbocycles. The molecule has 1 atom stereocenters. The molecule has 1 saturated heterocycles. The zero-order valence-corrected chi connectivity index (χ0v) is 16.1. The molecule has 1 N–H and O–H groups in total. The third-order valence-corrected chi connectivity index (χ3v) is 4.90. The van der Waals surface area contributed by atoms with Crippen LogP contribution in [0.2, 0.25) is 0 Å². The first kappa shape index (κ1) is 18.7. The molecule has 0 aromatic carbocycles. The summed E-state index contributed by atoms with van der Waals surface area (Å²) in [6, 6.07) is 3.62. The van der Waals surface area contributed by atoms with E-state index >= 15 is 0 Å². The van der Waals surface area contributed by atoms with Gasteiger partial charge in [-0.1, -0.05) is 0 Å². The van der Waals surface area contributed by atoms with Crippen LogP contribution in [0.1, 0.15) is 30.1 Å².